The van der Waals surface area contributed by atoms with E-state index in [0.717, 1.165) is 0 Å². The molecule has 0 aliphatic carbocycles. The lowest BCUT2D eigenvalue weighted by molar-refractivity contribution is 0.527. The van der Waals surface area contributed by atoms with Gasteiger partial charge in [-0.2, -0.15) is 11.7 Å². The van der Waals surface area contributed by atoms with Gasteiger partial charge in [-0.3, -0.25) is 0 Å². The number of hydrogen-bond donors (Lipinski definition) is 0. The Balaban J connectivity index is 3.14. The van der Waals surface area contributed by atoms with Crippen LogP contribution in [0.2, 0.25) is 0 Å². The zero-order valence-corrected chi connectivity index (χ0v) is 7.80. The molecular formula is C6H5BrO3S. The fourth-order valence-corrected chi connectivity index (χ4v) is 1.64. The van der Waals surface area contributed by atoms with Crippen molar-refractivity contribution in [2.75, 3.05) is 0 Å². The molecule has 11 heavy (non-hydrogen) atoms. The molecule has 0 fully saturated rings. The number of hydrogen-bond acceptors (Lipinski definition) is 3. The molecule has 0 unspecified atom stereocenters. The summed E-state index contributed by atoms with van der Waals surface area (Å²) in [5.41, 5.74) is 0. The van der Waals surface area contributed by atoms with Crippen LogP contribution in [0.3, 0.4) is 0 Å². The Hall–Kier alpha value is -0.390. The zero-order valence-electron chi connectivity index (χ0n) is 5.40. The Labute approximate surface area is 73.6 Å². The summed E-state index contributed by atoms with van der Waals surface area (Å²) >= 11 is 2.42. The first kappa shape index (κ1) is 8.70. The molecule has 1 aromatic rings. The van der Waals surface area contributed by atoms with E-state index in [2.05, 4.69) is 19.5 Å². The monoisotopic (exact) mass is 236 g/mol. The predicted molar refractivity (Wildman–Crippen MR) is 43.6 cm³/mol. The molecule has 0 aliphatic rings. The van der Waals surface area contributed by atoms with Crippen LogP contribution in [0.15, 0.2) is 35.2 Å². The van der Waals surface area contributed by atoms with Crippen LogP contribution >= 0.6 is 16.3 Å². The normalized spacial score (nSPS) is 11.4. The van der Waals surface area contributed by atoms with Crippen molar-refractivity contribution >= 4 is 26.4 Å². The third kappa shape index (κ3) is 2.02. The van der Waals surface area contributed by atoms with Crippen molar-refractivity contribution < 1.29 is 11.7 Å². The molecule has 1 aromatic carbocycles. The largest absolute Gasteiger partial charge is 0.307 e. The summed E-state index contributed by atoms with van der Waals surface area (Å²) in [6.45, 7) is 0. The van der Waals surface area contributed by atoms with Gasteiger partial charge in [0.1, 0.15) is 16.3 Å². The molecule has 1 rings (SSSR count). The van der Waals surface area contributed by atoms with E-state index < -0.39 is 10.1 Å². The third-order valence-electron chi connectivity index (χ3n) is 1.11. The quantitative estimate of drug-likeness (QED) is 0.786. The first-order valence-corrected chi connectivity index (χ1v) is 4.82. The van der Waals surface area contributed by atoms with Gasteiger partial charge >= 0.3 is 10.1 Å². The van der Waals surface area contributed by atoms with E-state index in [-0.39, 0.29) is 4.90 Å². The summed E-state index contributed by atoms with van der Waals surface area (Å²) in [6, 6.07) is 7.89. The second kappa shape index (κ2) is 3.34. The van der Waals surface area contributed by atoms with E-state index in [1.807, 2.05) is 0 Å². The Morgan fingerprint density at radius 3 is 2.18 bits per heavy atom. The van der Waals surface area contributed by atoms with Crippen LogP contribution in [0.4, 0.5) is 0 Å². The molecule has 0 radical (unpaired) electrons. The second-order valence-electron chi connectivity index (χ2n) is 1.83. The highest BCUT2D eigenvalue weighted by atomic mass is 79.9. The number of halogens is 1. The molecule has 3 nitrogen and oxygen atoms in total. The van der Waals surface area contributed by atoms with E-state index in [0.29, 0.717) is 0 Å². The van der Waals surface area contributed by atoms with Crippen LogP contribution in [0.1, 0.15) is 0 Å². The minimum absolute atomic E-state index is 0.136. The standard InChI is InChI=1S/C6H5BrO3S/c7-10-11(8,9)6-4-2-1-3-5-6/h1-5H. The van der Waals surface area contributed by atoms with Gasteiger partial charge < -0.3 is 0 Å². The van der Waals surface area contributed by atoms with Gasteiger partial charge in [0.25, 0.3) is 0 Å². The van der Waals surface area contributed by atoms with E-state index in [1.54, 1.807) is 18.2 Å². The molecule has 0 saturated heterocycles. The molecule has 0 saturated carbocycles. The van der Waals surface area contributed by atoms with Crippen LogP contribution in [0.5, 0.6) is 0 Å². The third-order valence-corrected chi connectivity index (χ3v) is 3.17. The molecule has 0 heterocycles. The lowest BCUT2D eigenvalue weighted by atomic mass is 10.4. The molecule has 0 N–H and O–H groups in total. The van der Waals surface area contributed by atoms with Gasteiger partial charge in [0, 0.05) is 0 Å². The fourth-order valence-electron chi connectivity index (χ4n) is 0.624. The lowest BCUT2D eigenvalue weighted by Gasteiger charge is -1.96. The number of benzene rings is 1. The summed E-state index contributed by atoms with van der Waals surface area (Å²) in [7, 11) is -3.58. The van der Waals surface area contributed by atoms with Crippen molar-refractivity contribution in [1.82, 2.24) is 0 Å². The van der Waals surface area contributed by atoms with E-state index in [4.69, 9.17) is 0 Å². The van der Waals surface area contributed by atoms with Crippen LogP contribution in [-0.2, 0) is 13.4 Å². The molecule has 0 spiro atoms. The highest BCUT2D eigenvalue weighted by Gasteiger charge is 2.11. The van der Waals surface area contributed by atoms with Crippen molar-refractivity contribution in [3.63, 3.8) is 0 Å². The molecule has 0 bridgehead atoms. The summed E-state index contributed by atoms with van der Waals surface area (Å²) < 4.78 is 26.0. The molecule has 0 aliphatic heterocycles. The van der Waals surface area contributed by atoms with Crippen molar-refractivity contribution in [2.45, 2.75) is 4.90 Å². The second-order valence-corrected chi connectivity index (χ2v) is 4.13. The Morgan fingerprint density at radius 2 is 1.73 bits per heavy atom. The average Bonchev–Trinajstić information content (AvgIpc) is 2.06. The first-order chi connectivity index (χ1) is 5.17. The van der Waals surface area contributed by atoms with Gasteiger partial charge in [0.2, 0.25) is 0 Å². The van der Waals surface area contributed by atoms with Crippen LogP contribution in [0, 0.1) is 0 Å². The predicted octanol–water partition coefficient (Wildman–Crippen LogP) is 1.70. The van der Waals surface area contributed by atoms with Gasteiger partial charge in [-0.15, -0.1) is 0 Å². The smallest absolute Gasteiger partial charge is 0.193 e. The summed E-state index contributed by atoms with van der Waals surface area (Å²) in [4.78, 5) is 0.136. The highest BCUT2D eigenvalue weighted by molar-refractivity contribution is 9.06. The van der Waals surface area contributed by atoms with Crippen molar-refractivity contribution in [2.24, 2.45) is 0 Å². The molecular weight excluding hydrogens is 232 g/mol. The maximum Gasteiger partial charge on any atom is 0.307 e. The Morgan fingerprint density at radius 1 is 1.18 bits per heavy atom. The topological polar surface area (TPSA) is 43.4 Å². The van der Waals surface area contributed by atoms with Crippen molar-refractivity contribution in [3.05, 3.63) is 30.3 Å². The summed E-state index contributed by atoms with van der Waals surface area (Å²) in [5.74, 6) is 0. The van der Waals surface area contributed by atoms with Gasteiger partial charge in [0.05, 0.1) is 4.90 Å². The molecule has 5 heteroatoms. The summed E-state index contributed by atoms with van der Waals surface area (Å²) in [6.07, 6.45) is 0. The number of rotatable bonds is 2. The van der Waals surface area contributed by atoms with Crippen LogP contribution < -0.4 is 0 Å². The molecule has 0 aromatic heterocycles. The highest BCUT2D eigenvalue weighted by Crippen LogP contribution is 2.12. The Kier molecular flexibility index (Phi) is 2.64. The van der Waals surface area contributed by atoms with Crippen molar-refractivity contribution in [3.8, 4) is 0 Å². The SMILES string of the molecule is O=S(=O)(OBr)c1ccccc1. The molecule has 0 atom stereocenters. The minimum atomic E-state index is -3.58. The van der Waals surface area contributed by atoms with E-state index in [1.165, 1.54) is 12.1 Å². The Bertz CT molecular complexity index is 319. The van der Waals surface area contributed by atoms with Crippen molar-refractivity contribution in [1.29, 1.82) is 0 Å². The van der Waals surface area contributed by atoms with Gasteiger partial charge in [0.15, 0.2) is 0 Å². The van der Waals surface area contributed by atoms with Gasteiger partial charge in [-0.1, -0.05) is 18.2 Å². The minimum Gasteiger partial charge on any atom is -0.193 e. The van der Waals surface area contributed by atoms with Gasteiger partial charge in [-0.25, -0.2) is 0 Å². The van der Waals surface area contributed by atoms with E-state index in [9.17, 15) is 8.42 Å². The van der Waals surface area contributed by atoms with Crippen LogP contribution in [0.25, 0.3) is 0 Å². The maximum atomic E-state index is 10.9. The average molecular weight is 237 g/mol. The maximum absolute atomic E-state index is 10.9. The summed E-state index contributed by atoms with van der Waals surface area (Å²) in [5, 5.41) is 0. The van der Waals surface area contributed by atoms with Crippen LogP contribution in [-0.4, -0.2) is 8.42 Å². The van der Waals surface area contributed by atoms with E-state index >= 15 is 0 Å². The first-order valence-electron chi connectivity index (χ1n) is 2.77. The fraction of sp³-hybridized carbons (Fsp3) is 0. The lowest BCUT2D eigenvalue weighted by Crippen LogP contribution is -1.98. The molecule has 60 valence electrons. The zero-order chi connectivity index (χ0) is 8.32. The van der Waals surface area contributed by atoms with Gasteiger partial charge in [-0.05, 0) is 12.1 Å². The molecule has 0 amide bonds.